The number of aliphatic imine (C=N–C) groups is 1. The highest BCUT2D eigenvalue weighted by Crippen LogP contribution is 2.33. The van der Waals surface area contributed by atoms with Crippen LogP contribution in [0.25, 0.3) is 0 Å². The molecule has 2 aromatic rings. The molecule has 0 atom stereocenters. The number of carbonyl (C=O) groups is 1. The summed E-state index contributed by atoms with van der Waals surface area (Å²) in [6.07, 6.45) is 1.80. The minimum Gasteiger partial charge on any atom is -0.308 e. The van der Waals surface area contributed by atoms with E-state index in [2.05, 4.69) is 4.98 Å². The van der Waals surface area contributed by atoms with Gasteiger partial charge in [-0.2, -0.15) is 0 Å². The SMILES string of the molecule is CN(C)CCN1C(=O)CC(c2ccccc2)=Nc2cc(Cl)cnc21. The predicted molar refractivity (Wildman–Crippen MR) is 97.4 cm³/mol. The molecule has 0 N–H and O–H groups in total. The second kappa shape index (κ2) is 7.11. The monoisotopic (exact) mass is 342 g/mol. The van der Waals surface area contributed by atoms with Gasteiger partial charge in [0.15, 0.2) is 5.82 Å². The fraction of sp³-hybridized carbons (Fsp3) is 0.278. The summed E-state index contributed by atoms with van der Waals surface area (Å²) in [6.45, 7) is 1.31. The van der Waals surface area contributed by atoms with Crippen LogP contribution in [0.15, 0.2) is 47.6 Å². The van der Waals surface area contributed by atoms with E-state index in [9.17, 15) is 4.79 Å². The molecule has 5 nitrogen and oxygen atoms in total. The molecule has 0 aliphatic carbocycles. The zero-order valence-electron chi connectivity index (χ0n) is 13.7. The number of rotatable bonds is 4. The van der Waals surface area contributed by atoms with Gasteiger partial charge in [0.2, 0.25) is 5.91 Å². The Morgan fingerprint density at radius 3 is 2.71 bits per heavy atom. The van der Waals surface area contributed by atoms with Gasteiger partial charge >= 0.3 is 0 Å². The third-order valence-corrected chi connectivity index (χ3v) is 4.03. The molecular formula is C18H19ClN4O. The molecule has 0 bridgehead atoms. The Hall–Kier alpha value is -2.24. The summed E-state index contributed by atoms with van der Waals surface area (Å²) in [6, 6.07) is 11.5. The van der Waals surface area contributed by atoms with Crippen molar-refractivity contribution in [3.63, 3.8) is 0 Å². The first-order valence-corrected chi connectivity index (χ1v) is 8.16. The number of nitrogens with zero attached hydrogens (tertiary/aromatic N) is 4. The van der Waals surface area contributed by atoms with Crippen LogP contribution in [0.3, 0.4) is 0 Å². The van der Waals surface area contributed by atoms with Crippen molar-refractivity contribution in [1.29, 1.82) is 0 Å². The third-order valence-electron chi connectivity index (χ3n) is 3.82. The smallest absolute Gasteiger partial charge is 0.234 e. The highest BCUT2D eigenvalue weighted by Gasteiger charge is 2.26. The van der Waals surface area contributed by atoms with Crippen LogP contribution in [0.1, 0.15) is 12.0 Å². The normalized spacial score (nSPS) is 14.4. The highest BCUT2D eigenvalue weighted by molar-refractivity contribution is 6.31. The summed E-state index contributed by atoms with van der Waals surface area (Å²) in [5.74, 6) is 0.560. The Balaban J connectivity index is 2.04. The molecule has 1 aliphatic rings. The van der Waals surface area contributed by atoms with Crippen molar-refractivity contribution in [2.24, 2.45) is 4.99 Å². The van der Waals surface area contributed by atoms with Crippen molar-refractivity contribution in [3.05, 3.63) is 53.2 Å². The summed E-state index contributed by atoms with van der Waals surface area (Å²) in [5.41, 5.74) is 2.30. The average molecular weight is 343 g/mol. The maximum Gasteiger partial charge on any atom is 0.234 e. The standard InChI is InChI=1S/C18H19ClN4O/c1-22(2)8-9-23-17(24)11-15(13-6-4-3-5-7-13)21-16-10-14(19)12-20-18(16)23/h3-7,10,12H,8-9,11H2,1-2H3. The second-order valence-corrected chi connectivity index (χ2v) is 6.38. The molecule has 3 rings (SSSR count). The molecule has 0 saturated carbocycles. The number of benzene rings is 1. The van der Waals surface area contributed by atoms with Gasteiger partial charge in [0.05, 0.1) is 17.2 Å². The molecule has 1 aromatic heterocycles. The molecule has 0 radical (unpaired) electrons. The lowest BCUT2D eigenvalue weighted by atomic mass is 10.1. The van der Waals surface area contributed by atoms with Crippen LogP contribution in [0, 0.1) is 0 Å². The van der Waals surface area contributed by atoms with Crippen molar-refractivity contribution < 1.29 is 4.79 Å². The zero-order chi connectivity index (χ0) is 17.1. The first-order chi connectivity index (χ1) is 11.5. The van der Waals surface area contributed by atoms with E-state index in [1.54, 1.807) is 17.2 Å². The fourth-order valence-corrected chi connectivity index (χ4v) is 2.73. The highest BCUT2D eigenvalue weighted by atomic mass is 35.5. The Labute approximate surface area is 146 Å². The van der Waals surface area contributed by atoms with Gasteiger partial charge in [-0.15, -0.1) is 0 Å². The predicted octanol–water partition coefficient (Wildman–Crippen LogP) is 3.15. The summed E-state index contributed by atoms with van der Waals surface area (Å²) >= 11 is 6.09. The summed E-state index contributed by atoms with van der Waals surface area (Å²) in [4.78, 5) is 25.6. The van der Waals surface area contributed by atoms with E-state index in [4.69, 9.17) is 16.6 Å². The van der Waals surface area contributed by atoms with Crippen molar-refractivity contribution in [2.75, 3.05) is 32.1 Å². The number of hydrogen-bond donors (Lipinski definition) is 0. The number of likely N-dealkylation sites (N-methyl/N-ethyl adjacent to an activating group) is 1. The molecule has 0 saturated heterocycles. The van der Waals surface area contributed by atoms with Gasteiger partial charge in [0.25, 0.3) is 0 Å². The molecule has 24 heavy (non-hydrogen) atoms. The van der Waals surface area contributed by atoms with Crippen LogP contribution >= 0.6 is 11.6 Å². The van der Waals surface area contributed by atoms with Crippen LogP contribution in [0.5, 0.6) is 0 Å². The average Bonchev–Trinajstić information content (AvgIpc) is 2.69. The lowest BCUT2D eigenvalue weighted by Gasteiger charge is -2.23. The number of aromatic nitrogens is 1. The Kier molecular flexibility index (Phi) is 4.92. The Bertz CT molecular complexity index is 774. The molecular weight excluding hydrogens is 324 g/mol. The molecule has 6 heteroatoms. The van der Waals surface area contributed by atoms with Crippen LogP contribution in [-0.2, 0) is 4.79 Å². The first kappa shape index (κ1) is 16.6. The minimum atomic E-state index is -0.00646. The van der Waals surface area contributed by atoms with Gasteiger partial charge in [-0.05, 0) is 25.7 Å². The number of pyridine rings is 1. The zero-order valence-corrected chi connectivity index (χ0v) is 14.5. The lowest BCUT2D eigenvalue weighted by molar-refractivity contribution is -0.117. The summed E-state index contributed by atoms with van der Waals surface area (Å²) < 4.78 is 0. The van der Waals surface area contributed by atoms with Crippen LogP contribution in [0.2, 0.25) is 5.02 Å². The second-order valence-electron chi connectivity index (χ2n) is 5.95. The van der Waals surface area contributed by atoms with Gasteiger partial charge in [0.1, 0.15) is 5.69 Å². The van der Waals surface area contributed by atoms with Crippen molar-refractivity contribution in [2.45, 2.75) is 6.42 Å². The van der Waals surface area contributed by atoms with Crippen molar-refractivity contribution >= 4 is 34.7 Å². The number of amides is 1. The largest absolute Gasteiger partial charge is 0.308 e. The van der Waals surface area contributed by atoms with Crippen LogP contribution in [0.4, 0.5) is 11.5 Å². The van der Waals surface area contributed by atoms with Gasteiger partial charge in [-0.25, -0.2) is 9.98 Å². The molecule has 1 amide bonds. The van der Waals surface area contributed by atoms with Crippen LogP contribution < -0.4 is 4.90 Å². The molecule has 1 aromatic carbocycles. The van der Waals surface area contributed by atoms with Gasteiger partial charge < -0.3 is 4.90 Å². The van der Waals surface area contributed by atoms with Gasteiger partial charge in [0, 0.05) is 19.3 Å². The number of carbonyl (C=O) groups excluding carboxylic acids is 1. The molecule has 124 valence electrons. The Morgan fingerprint density at radius 2 is 2.00 bits per heavy atom. The van der Waals surface area contributed by atoms with E-state index in [1.165, 1.54) is 0 Å². The van der Waals surface area contributed by atoms with E-state index in [1.807, 2.05) is 49.3 Å². The maximum absolute atomic E-state index is 12.8. The van der Waals surface area contributed by atoms with E-state index < -0.39 is 0 Å². The van der Waals surface area contributed by atoms with Crippen molar-refractivity contribution in [1.82, 2.24) is 9.88 Å². The molecule has 2 heterocycles. The number of hydrogen-bond acceptors (Lipinski definition) is 4. The van der Waals surface area contributed by atoms with Crippen molar-refractivity contribution in [3.8, 4) is 0 Å². The number of fused-ring (bicyclic) bond motifs is 1. The van der Waals surface area contributed by atoms with E-state index >= 15 is 0 Å². The molecule has 0 spiro atoms. The number of halogens is 1. The maximum atomic E-state index is 12.8. The first-order valence-electron chi connectivity index (χ1n) is 7.78. The molecule has 1 aliphatic heterocycles. The fourth-order valence-electron chi connectivity index (χ4n) is 2.58. The topological polar surface area (TPSA) is 48.8 Å². The Morgan fingerprint density at radius 1 is 1.25 bits per heavy atom. The van der Waals surface area contributed by atoms with E-state index in [0.717, 1.165) is 17.8 Å². The lowest BCUT2D eigenvalue weighted by Crippen LogP contribution is -2.37. The quantitative estimate of drug-likeness (QED) is 0.857. The molecule has 0 fully saturated rings. The molecule has 0 unspecified atom stereocenters. The van der Waals surface area contributed by atoms with Crippen LogP contribution in [-0.4, -0.2) is 48.7 Å². The van der Waals surface area contributed by atoms with Gasteiger partial charge in [-0.1, -0.05) is 41.9 Å². The summed E-state index contributed by atoms with van der Waals surface area (Å²) in [5, 5.41) is 0.506. The minimum absolute atomic E-state index is 0.00646. The third kappa shape index (κ3) is 3.63. The summed E-state index contributed by atoms with van der Waals surface area (Å²) in [7, 11) is 3.95. The van der Waals surface area contributed by atoms with E-state index in [0.29, 0.717) is 23.1 Å². The number of anilines is 1. The van der Waals surface area contributed by atoms with Gasteiger partial charge in [-0.3, -0.25) is 9.69 Å². The van der Waals surface area contributed by atoms with E-state index in [-0.39, 0.29) is 12.3 Å².